The van der Waals surface area contributed by atoms with E-state index in [2.05, 4.69) is 0 Å². The molecule has 1 fully saturated rings. The fourth-order valence-electron chi connectivity index (χ4n) is 3.37. The highest BCUT2D eigenvalue weighted by atomic mass is 28.5. The van der Waals surface area contributed by atoms with Gasteiger partial charge in [0.25, 0.3) is 0 Å². The van der Waals surface area contributed by atoms with Gasteiger partial charge in [-0.15, -0.1) is 0 Å². The maximum Gasteiger partial charge on any atom is 0.357 e. The first-order valence-corrected chi connectivity index (χ1v) is 13.5. The molecule has 2 rings (SSSR count). The number of benzene rings is 1. The lowest BCUT2D eigenvalue weighted by molar-refractivity contribution is -0.0260. The van der Waals surface area contributed by atoms with Crippen LogP contribution in [0.2, 0.25) is 19.1 Å². The summed E-state index contributed by atoms with van der Waals surface area (Å²) >= 11 is 0. The largest absolute Gasteiger partial charge is 0.411 e. The summed E-state index contributed by atoms with van der Waals surface area (Å²) in [5.74, 6) is 0.373. The molecule has 0 aliphatic heterocycles. The minimum atomic E-state index is -3.00. The third-order valence-electron chi connectivity index (χ3n) is 5.05. The van der Waals surface area contributed by atoms with Crippen molar-refractivity contribution < 1.29 is 23.5 Å². The molecular formula is C17H30O5Si2. The molecule has 0 bridgehead atoms. The van der Waals surface area contributed by atoms with Crippen molar-refractivity contribution in [2.45, 2.75) is 57.0 Å². The van der Waals surface area contributed by atoms with Crippen LogP contribution in [0.5, 0.6) is 0 Å². The van der Waals surface area contributed by atoms with Gasteiger partial charge < -0.3 is 23.5 Å². The van der Waals surface area contributed by atoms with Gasteiger partial charge in [0.2, 0.25) is 0 Å². The van der Waals surface area contributed by atoms with Crippen molar-refractivity contribution in [3.63, 3.8) is 0 Å². The summed E-state index contributed by atoms with van der Waals surface area (Å²) in [5, 5.41) is 20.3. The summed E-state index contributed by atoms with van der Waals surface area (Å²) in [5.41, 5.74) is 0. The molecule has 0 aromatic heterocycles. The SMILES string of the molecule is CO[Si](C)(CCC1CCC(O)C(O)C1)O[Si](C)(O)c1ccccc1. The highest BCUT2D eigenvalue weighted by Crippen LogP contribution is 2.31. The van der Waals surface area contributed by atoms with Gasteiger partial charge >= 0.3 is 17.1 Å². The van der Waals surface area contributed by atoms with Crippen molar-refractivity contribution in [3.8, 4) is 0 Å². The zero-order chi connectivity index (χ0) is 17.8. The van der Waals surface area contributed by atoms with Crippen LogP contribution in [-0.2, 0) is 8.54 Å². The van der Waals surface area contributed by atoms with Crippen molar-refractivity contribution in [3.05, 3.63) is 30.3 Å². The lowest BCUT2D eigenvalue weighted by atomic mass is 9.84. The van der Waals surface area contributed by atoms with E-state index in [9.17, 15) is 15.0 Å². The zero-order valence-electron chi connectivity index (χ0n) is 14.8. The third-order valence-corrected chi connectivity index (χ3v) is 11.8. The molecule has 1 aromatic carbocycles. The summed E-state index contributed by atoms with van der Waals surface area (Å²) < 4.78 is 11.9. The summed E-state index contributed by atoms with van der Waals surface area (Å²) in [4.78, 5) is 10.9. The second-order valence-electron chi connectivity index (χ2n) is 7.14. The molecule has 0 saturated heterocycles. The number of aliphatic hydroxyl groups is 2. The topological polar surface area (TPSA) is 79.2 Å². The third kappa shape index (κ3) is 5.22. The van der Waals surface area contributed by atoms with Crippen molar-refractivity contribution in [2.24, 2.45) is 5.92 Å². The predicted octanol–water partition coefficient (Wildman–Crippen LogP) is 1.60. The molecule has 1 aliphatic carbocycles. The molecule has 1 saturated carbocycles. The Morgan fingerprint density at radius 1 is 1.08 bits per heavy atom. The Labute approximate surface area is 146 Å². The fourth-order valence-corrected chi connectivity index (χ4v) is 9.89. The molecule has 5 nitrogen and oxygen atoms in total. The molecule has 5 atom stereocenters. The average Bonchev–Trinajstić information content (AvgIpc) is 2.56. The van der Waals surface area contributed by atoms with E-state index < -0.39 is 29.3 Å². The van der Waals surface area contributed by atoms with Crippen LogP contribution in [0.4, 0.5) is 0 Å². The first-order valence-electron chi connectivity index (χ1n) is 8.65. The summed E-state index contributed by atoms with van der Waals surface area (Å²) in [7, 11) is -3.84. The molecular weight excluding hydrogens is 340 g/mol. The van der Waals surface area contributed by atoms with Gasteiger partial charge in [0.15, 0.2) is 0 Å². The highest BCUT2D eigenvalue weighted by Gasteiger charge is 2.42. The Hall–Kier alpha value is -0.546. The van der Waals surface area contributed by atoms with Gasteiger partial charge in [0.1, 0.15) is 0 Å². The molecule has 1 aliphatic rings. The van der Waals surface area contributed by atoms with Crippen LogP contribution in [0.1, 0.15) is 25.7 Å². The van der Waals surface area contributed by atoms with Crippen LogP contribution in [0.15, 0.2) is 30.3 Å². The normalized spacial score (nSPS) is 29.7. The molecule has 24 heavy (non-hydrogen) atoms. The minimum absolute atomic E-state index is 0.373. The van der Waals surface area contributed by atoms with Crippen LogP contribution in [-0.4, -0.2) is 51.4 Å². The quantitative estimate of drug-likeness (QED) is 0.636. The summed E-state index contributed by atoms with van der Waals surface area (Å²) in [6, 6.07) is 10.3. The second kappa shape index (κ2) is 8.22. The van der Waals surface area contributed by atoms with Gasteiger partial charge in [0, 0.05) is 7.11 Å². The number of rotatable bonds is 7. The predicted molar refractivity (Wildman–Crippen MR) is 98.4 cm³/mol. The van der Waals surface area contributed by atoms with E-state index in [0.29, 0.717) is 18.8 Å². The van der Waals surface area contributed by atoms with E-state index in [-0.39, 0.29) is 0 Å². The molecule has 3 N–H and O–H groups in total. The molecule has 7 heteroatoms. The fraction of sp³-hybridized carbons (Fsp3) is 0.647. The second-order valence-corrected chi connectivity index (χ2v) is 13.7. The smallest absolute Gasteiger partial charge is 0.357 e. The van der Waals surface area contributed by atoms with Crippen molar-refractivity contribution in [1.82, 2.24) is 0 Å². The van der Waals surface area contributed by atoms with Gasteiger partial charge in [0.05, 0.1) is 12.2 Å². The Bertz CT molecular complexity index is 513. The first-order chi connectivity index (χ1) is 11.3. The van der Waals surface area contributed by atoms with Gasteiger partial charge in [-0.1, -0.05) is 30.3 Å². The monoisotopic (exact) mass is 370 g/mol. The molecule has 136 valence electrons. The summed E-state index contributed by atoms with van der Waals surface area (Å²) in [6.45, 7) is 3.78. The molecule has 0 radical (unpaired) electrons. The van der Waals surface area contributed by atoms with Gasteiger partial charge in [-0.2, -0.15) is 0 Å². The molecule has 0 heterocycles. The standard InChI is InChI=1S/C17H30O5Si2/c1-21-23(2,12-11-14-9-10-16(18)17(19)13-14)22-24(3,20)15-7-5-4-6-8-15/h4-8,14,16-20H,9-13H2,1-3H3. The van der Waals surface area contributed by atoms with Crippen LogP contribution in [0, 0.1) is 5.92 Å². The van der Waals surface area contributed by atoms with Crippen LogP contribution < -0.4 is 5.19 Å². The highest BCUT2D eigenvalue weighted by molar-refractivity contribution is 6.87. The average molecular weight is 371 g/mol. The Morgan fingerprint density at radius 3 is 2.33 bits per heavy atom. The number of hydrogen-bond acceptors (Lipinski definition) is 5. The van der Waals surface area contributed by atoms with Crippen molar-refractivity contribution >= 4 is 22.3 Å². The Kier molecular flexibility index (Phi) is 6.77. The van der Waals surface area contributed by atoms with Crippen molar-refractivity contribution in [2.75, 3.05) is 7.11 Å². The van der Waals surface area contributed by atoms with Gasteiger partial charge in [-0.3, -0.25) is 0 Å². The lowest BCUT2D eigenvalue weighted by Gasteiger charge is -2.35. The minimum Gasteiger partial charge on any atom is -0.411 e. The molecule has 0 amide bonds. The molecule has 1 aromatic rings. The van der Waals surface area contributed by atoms with E-state index in [1.54, 1.807) is 13.7 Å². The Balaban J connectivity index is 1.95. The van der Waals surface area contributed by atoms with Gasteiger partial charge in [-0.25, -0.2) is 0 Å². The lowest BCUT2D eigenvalue weighted by Crippen LogP contribution is -2.57. The van der Waals surface area contributed by atoms with E-state index in [1.165, 1.54) is 0 Å². The molecule has 5 unspecified atom stereocenters. The maximum atomic E-state index is 10.9. The summed E-state index contributed by atoms with van der Waals surface area (Å²) in [6.07, 6.45) is 1.87. The van der Waals surface area contributed by atoms with Crippen LogP contribution >= 0.6 is 0 Å². The molecule has 0 spiro atoms. The van der Waals surface area contributed by atoms with Crippen molar-refractivity contribution in [1.29, 1.82) is 0 Å². The number of aliphatic hydroxyl groups excluding tert-OH is 2. The van der Waals surface area contributed by atoms with Crippen LogP contribution in [0.25, 0.3) is 0 Å². The van der Waals surface area contributed by atoms with Crippen LogP contribution in [0.3, 0.4) is 0 Å². The Morgan fingerprint density at radius 2 is 1.75 bits per heavy atom. The zero-order valence-corrected chi connectivity index (χ0v) is 16.8. The van der Waals surface area contributed by atoms with E-state index >= 15 is 0 Å². The maximum absolute atomic E-state index is 10.9. The van der Waals surface area contributed by atoms with Gasteiger partial charge in [-0.05, 0) is 55.9 Å². The van der Waals surface area contributed by atoms with E-state index in [4.69, 9.17) is 8.54 Å². The van der Waals surface area contributed by atoms with E-state index in [0.717, 1.165) is 24.1 Å². The van der Waals surface area contributed by atoms with E-state index in [1.807, 2.05) is 36.9 Å². The number of hydrogen-bond donors (Lipinski definition) is 3. The first kappa shape index (κ1) is 19.8.